The number of hydrogen-bond donors (Lipinski definition) is 2. The predicted octanol–water partition coefficient (Wildman–Crippen LogP) is 4.38. The summed E-state index contributed by atoms with van der Waals surface area (Å²) < 4.78 is 10.8. The SMILES string of the molecule is CCCCOc1ccc(CCNC(=O)Cc2csc(NC(=O)c3ccoc3C)n2)cc1. The van der Waals surface area contributed by atoms with Gasteiger partial charge < -0.3 is 14.5 Å². The van der Waals surface area contributed by atoms with Crippen molar-refractivity contribution in [1.82, 2.24) is 10.3 Å². The molecule has 2 aromatic heterocycles. The van der Waals surface area contributed by atoms with E-state index in [0.29, 0.717) is 28.7 Å². The largest absolute Gasteiger partial charge is 0.494 e. The summed E-state index contributed by atoms with van der Waals surface area (Å²) in [7, 11) is 0. The smallest absolute Gasteiger partial charge is 0.260 e. The lowest BCUT2D eigenvalue weighted by atomic mass is 10.1. The maximum absolute atomic E-state index is 12.2. The fourth-order valence-electron chi connectivity index (χ4n) is 2.89. The van der Waals surface area contributed by atoms with Gasteiger partial charge in [-0.05, 0) is 43.5 Å². The molecule has 0 bridgehead atoms. The number of aryl methyl sites for hydroxylation is 1. The number of hydrogen-bond acceptors (Lipinski definition) is 6. The number of nitrogens with one attached hydrogen (secondary N) is 2. The van der Waals surface area contributed by atoms with Crippen molar-refractivity contribution in [2.24, 2.45) is 0 Å². The highest BCUT2D eigenvalue weighted by molar-refractivity contribution is 7.14. The van der Waals surface area contributed by atoms with Gasteiger partial charge in [0.1, 0.15) is 11.5 Å². The van der Waals surface area contributed by atoms with Crippen molar-refractivity contribution in [3.05, 3.63) is 64.6 Å². The lowest BCUT2D eigenvalue weighted by Crippen LogP contribution is -2.27. The summed E-state index contributed by atoms with van der Waals surface area (Å²) in [4.78, 5) is 28.7. The standard InChI is InChI=1S/C23H27N3O4S/c1-3-4-12-30-19-7-5-17(6-8-19)9-11-24-21(27)14-18-15-31-23(25-18)26-22(28)20-10-13-29-16(20)2/h5-8,10,13,15H,3-4,9,11-12,14H2,1-2H3,(H,24,27)(H,25,26,28). The minimum Gasteiger partial charge on any atom is -0.494 e. The Bertz CT molecular complexity index is 994. The summed E-state index contributed by atoms with van der Waals surface area (Å²) in [6, 6.07) is 9.57. The molecule has 31 heavy (non-hydrogen) atoms. The molecule has 2 N–H and O–H groups in total. The zero-order valence-corrected chi connectivity index (χ0v) is 18.6. The summed E-state index contributed by atoms with van der Waals surface area (Å²) in [5.74, 6) is 1.04. The van der Waals surface area contributed by atoms with Gasteiger partial charge in [0.25, 0.3) is 5.91 Å². The van der Waals surface area contributed by atoms with Crippen molar-refractivity contribution in [3.63, 3.8) is 0 Å². The van der Waals surface area contributed by atoms with Crippen molar-refractivity contribution in [2.45, 2.75) is 39.5 Å². The summed E-state index contributed by atoms with van der Waals surface area (Å²) in [6.45, 7) is 5.14. The summed E-state index contributed by atoms with van der Waals surface area (Å²) >= 11 is 1.29. The number of furan rings is 1. The Balaban J connectivity index is 1.39. The number of benzene rings is 1. The van der Waals surface area contributed by atoms with Crippen molar-refractivity contribution in [3.8, 4) is 5.75 Å². The second-order valence-electron chi connectivity index (χ2n) is 7.11. The molecule has 0 aliphatic carbocycles. The van der Waals surface area contributed by atoms with Gasteiger partial charge in [-0.1, -0.05) is 25.5 Å². The first kappa shape index (κ1) is 22.6. The minimum absolute atomic E-state index is 0.103. The van der Waals surface area contributed by atoms with Crippen LogP contribution in [0.25, 0.3) is 0 Å². The maximum atomic E-state index is 12.2. The van der Waals surface area contributed by atoms with E-state index in [4.69, 9.17) is 9.15 Å². The van der Waals surface area contributed by atoms with Crippen LogP contribution in [0.4, 0.5) is 5.13 Å². The maximum Gasteiger partial charge on any atom is 0.260 e. The third kappa shape index (κ3) is 6.96. The Morgan fingerprint density at radius 3 is 2.71 bits per heavy atom. The molecule has 3 rings (SSSR count). The molecule has 0 radical (unpaired) electrons. The minimum atomic E-state index is -0.279. The highest BCUT2D eigenvalue weighted by Crippen LogP contribution is 2.18. The normalized spacial score (nSPS) is 10.6. The van der Waals surface area contributed by atoms with E-state index in [9.17, 15) is 9.59 Å². The Kier molecular flexibility index (Phi) is 8.23. The van der Waals surface area contributed by atoms with Gasteiger partial charge in [-0.25, -0.2) is 4.98 Å². The van der Waals surface area contributed by atoms with Crippen LogP contribution in [0.15, 0.2) is 46.4 Å². The number of rotatable bonds is 11. The number of ether oxygens (including phenoxy) is 1. The van der Waals surface area contributed by atoms with Crippen LogP contribution in [0.1, 0.15) is 47.1 Å². The first-order valence-corrected chi connectivity index (χ1v) is 11.2. The highest BCUT2D eigenvalue weighted by atomic mass is 32.1. The van der Waals surface area contributed by atoms with Crippen LogP contribution in [0.5, 0.6) is 5.75 Å². The van der Waals surface area contributed by atoms with Crippen LogP contribution >= 0.6 is 11.3 Å². The van der Waals surface area contributed by atoms with Crippen LogP contribution in [0.3, 0.4) is 0 Å². The van der Waals surface area contributed by atoms with Gasteiger partial charge in [-0.3, -0.25) is 14.9 Å². The van der Waals surface area contributed by atoms with Crippen LogP contribution in [-0.4, -0.2) is 29.9 Å². The molecule has 3 aromatic rings. The Hall–Kier alpha value is -3.13. The zero-order chi connectivity index (χ0) is 22.1. The van der Waals surface area contributed by atoms with Gasteiger partial charge in [0.15, 0.2) is 5.13 Å². The van der Waals surface area contributed by atoms with Gasteiger partial charge in [0.2, 0.25) is 5.91 Å². The molecule has 1 aromatic carbocycles. The highest BCUT2D eigenvalue weighted by Gasteiger charge is 2.14. The van der Waals surface area contributed by atoms with Crippen molar-refractivity contribution < 1.29 is 18.7 Å². The van der Waals surface area contributed by atoms with Crippen molar-refractivity contribution in [2.75, 3.05) is 18.5 Å². The van der Waals surface area contributed by atoms with E-state index >= 15 is 0 Å². The van der Waals surface area contributed by atoms with Crippen LogP contribution in [0, 0.1) is 6.92 Å². The van der Waals surface area contributed by atoms with E-state index in [1.54, 1.807) is 18.4 Å². The monoisotopic (exact) mass is 441 g/mol. The lowest BCUT2D eigenvalue weighted by Gasteiger charge is -2.07. The summed E-state index contributed by atoms with van der Waals surface area (Å²) in [6.07, 6.45) is 4.53. The zero-order valence-electron chi connectivity index (χ0n) is 17.8. The molecule has 0 aliphatic heterocycles. The third-order valence-corrected chi connectivity index (χ3v) is 5.45. The number of carbonyl (C=O) groups is 2. The fourth-order valence-corrected chi connectivity index (χ4v) is 3.60. The average molecular weight is 442 g/mol. The van der Waals surface area contributed by atoms with Gasteiger partial charge >= 0.3 is 0 Å². The number of nitrogens with zero attached hydrogens (tertiary/aromatic N) is 1. The average Bonchev–Trinajstić information content (AvgIpc) is 3.38. The molecule has 0 saturated carbocycles. The number of thiazole rings is 1. The quantitative estimate of drug-likeness (QED) is 0.431. The summed E-state index contributed by atoms with van der Waals surface area (Å²) in [5.41, 5.74) is 2.22. The van der Waals surface area contributed by atoms with E-state index < -0.39 is 0 Å². The molecule has 0 atom stereocenters. The number of unbranched alkanes of at least 4 members (excludes halogenated alkanes) is 1. The summed E-state index contributed by atoms with van der Waals surface area (Å²) in [5, 5.41) is 7.87. The molecule has 0 fully saturated rings. The van der Waals surface area contributed by atoms with Crippen molar-refractivity contribution >= 4 is 28.3 Å². The molecule has 164 valence electrons. The van der Waals surface area contributed by atoms with E-state index in [1.165, 1.54) is 17.6 Å². The Labute approximate surface area is 185 Å². The first-order chi connectivity index (χ1) is 15.0. The third-order valence-electron chi connectivity index (χ3n) is 4.64. The fraction of sp³-hybridized carbons (Fsp3) is 0.348. The number of carbonyl (C=O) groups excluding carboxylic acids is 2. The van der Waals surface area contributed by atoms with E-state index in [2.05, 4.69) is 22.5 Å². The molecule has 0 unspecified atom stereocenters. The topological polar surface area (TPSA) is 93.5 Å². The number of anilines is 1. The molecular formula is C23H27N3O4S. The van der Waals surface area contributed by atoms with Gasteiger partial charge in [-0.2, -0.15) is 0 Å². The Morgan fingerprint density at radius 2 is 2.00 bits per heavy atom. The van der Waals surface area contributed by atoms with E-state index in [0.717, 1.165) is 37.2 Å². The number of amides is 2. The lowest BCUT2D eigenvalue weighted by molar-refractivity contribution is -0.120. The molecule has 0 saturated heterocycles. The van der Waals surface area contributed by atoms with Crippen LogP contribution in [-0.2, 0) is 17.6 Å². The second kappa shape index (κ2) is 11.3. The molecule has 2 amide bonds. The van der Waals surface area contributed by atoms with E-state index in [1.807, 2.05) is 24.3 Å². The molecule has 8 heteroatoms. The molecule has 2 heterocycles. The van der Waals surface area contributed by atoms with Gasteiger partial charge in [-0.15, -0.1) is 11.3 Å². The molecular weight excluding hydrogens is 414 g/mol. The molecule has 0 spiro atoms. The van der Waals surface area contributed by atoms with Crippen LogP contribution in [0.2, 0.25) is 0 Å². The molecule has 0 aliphatic rings. The first-order valence-electron chi connectivity index (χ1n) is 10.3. The van der Waals surface area contributed by atoms with Gasteiger partial charge in [0, 0.05) is 11.9 Å². The molecule has 7 nitrogen and oxygen atoms in total. The Morgan fingerprint density at radius 1 is 1.19 bits per heavy atom. The second-order valence-corrected chi connectivity index (χ2v) is 7.97. The number of aromatic nitrogens is 1. The van der Waals surface area contributed by atoms with Crippen LogP contribution < -0.4 is 15.4 Å². The predicted molar refractivity (Wildman–Crippen MR) is 121 cm³/mol. The van der Waals surface area contributed by atoms with Crippen molar-refractivity contribution in [1.29, 1.82) is 0 Å². The van der Waals surface area contributed by atoms with E-state index in [-0.39, 0.29) is 18.2 Å². The van der Waals surface area contributed by atoms with Gasteiger partial charge in [0.05, 0.1) is 30.5 Å².